The van der Waals surface area contributed by atoms with E-state index in [-0.39, 0.29) is 35.2 Å². The van der Waals surface area contributed by atoms with Gasteiger partial charge in [0.25, 0.3) is 0 Å². The monoisotopic (exact) mass is 421 g/mol. The van der Waals surface area contributed by atoms with Crippen LogP contribution in [0.2, 0.25) is 0 Å². The van der Waals surface area contributed by atoms with Crippen molar-refractivity contribution in [3.8, 4) is 0 Å². The van der Waals surface area contributed by atoms with E-state index in [4.69, 9.17) is 12.6 Å². The van der Waals surface area contributed by atoms with Crippen molar-refractivity contribution in [1.82, 2.24) is 14.7 Å². The number of piperidine rings is 1. The molecule has 2 fully saturated rings. The molecule has 1 saturated carbocycles. The second-order valence-electron chi connectivity index (χ2n) is 7.47. The van der Waals surface area contributed by atoms with Crippen LogP contribution in [0.25, 0.3) is 6.08 Å². The van der Waals surface area contributed by atoms with Gasteiger partial charge in [0.2, 0.25) is 0 Å². The molecule has 150 valence electrons. The number of aryl methyl sites for hydroxylation is 1. The Labute approximate surface area is 176 Å². The highest BCUT2D eigenvalue weighted by Gasteiger charge is 2.40. The first kappa shape index (κ1) is 21.1. The lowest BCUT2D eigenvalue weighted by Gasteiger charge is -2.37. The van der Waals surface area contributed by atoms with Gasteiger partial charge in [-0.1, -0.05) is 18.2 Å². The molecule has 0 spiro atoms. The maximum absolute atomic E-state index is 14.6. The molecule has 2 atom stereocenters. The van der Waals surface area contributed by atoms with Gasteiger partial charge < -0.3 is 0 Å². The SMILES string of the molecule is Cl.Cn1nccc1C=C1CN(C(C(=O)C2CC2)c2ccccc2F)CCC1S. The molecule has 1 aliphatic carbocycles. The molecule has 4 nitrogen and oxygen atoms in total. The van der Waals surface area contributed by atoms with Crippen molar-refractivity contribution in [3.05, 3.63) is 59.2 Å². The van der Waals surface area contributed by atoms with Gasteiger partial charge in [-0.15, -0.1) is 12.4 Å². The van der Waals surface area contributed by atoms with E-state index in [2.05, 4.69) is 16.1 Å². The summed E-state index contributed by atoms with van der Waals surface area (Å²) in [5.41, 5.74) is 2.63. The molecule has 1 saturated heterocycles. The molecule has 2 heterocycles. The maximum atomic E-state index is 14.6. The van der Waals surface area contributed by atoms with Crippen LogP contribution in [-0.4, -0.2) is 38.8 Å². The lowest BCUT2D eigenvalue weighted by molar-refractivity contribution is -0.126. The largest absolute Gasteiger partial charge is 0.297 e. The Morgan fingerprint density at radius 2 is 2.04 bits per heavy atom. The first-order valence-corrected chi connectivity index (χ1v) is 9.95. The number of benzene rings is 1. The number of halogens is 2. The molecule has 2 aromatic rings. The fraction of sp³-hybridized carbons (Fsp3) is 0.429. The van der Waals surface area contributed by atoms with Gasteiger partial charge in [0.15, 0.2) is 5.78 Å². The minimum absolute atomic E-state index is 0. The van der Waals surface area contributed by atoms with Gasteiger partial charge >= 0.3 is 0 Å². The van der Waals surface area contributed by atoms with Crippen molar-refractivity contribution in [2.24, 2.45) is 13.0 Å². The number of hydrogen-bond acceptors (Lipinski definition) is 4. The summed E-state index contributed by atoms with van der Waals surface area (Å²) in [5, 5.41) is 4.34. The maximum Gasteiger partial charge on any atom is 0.157 e. The van der Waals surface area contributed by atoms with Crippen molar-refractivity contribution in [2.75, 3.05) is 13.1 Å². The highest BCUT2D eigenvalue weighted by atomic mass is 35.5. The van der Waals surface area contributed by atoms with Crippen molar-refractivity contribution in [3.63, 3.8) is 0 Å². The fourth-order valence-electron chi connectivity index (χ4n) is 3.79. The van der Waals surface area contributed by atoms with Crippen LogP contribution in [0.15, 0.2) is 42.1 Å². The van der Waals surface area contributed by atoms with Gasteiger partial charge in [0.05, 0.1) is 11.7 Å². The lowest BCUT2D eigenvalue weighted by Crippen LogP contribution is -2.42. The third-order valence-corrected chi connectivity index (χ3v) is 6.10. The number of thiol groups is 1. The van der Waals surface area contributed by atoms with Crippen LogP contribution < -0.4 is 0 Å². The van der Waals surface area contributed by atoms with Crippen LogP contribution in [0.4, 0.5) is 4.39 Å². The summed E-state index contributed by atoms with van der Waals surface area (Å²) in [7, 11) is 1.90. The molecule has 2 aliphatic rings. The van der Waals surface area contributed by atoms with Gasteiger partial charge in [-0.05, 0) is 43.0 Å². The van der Waals surface area contributed by atoms with E-state index in [9.17, 15) is 9.18 Å². The predicted octanol–water partition coefficient (Wildman–Crippen LogP) is 4.09. The first-order chi connectivity index (χ1) is 13.0. The van der Waals surface area contributed by atoms with E-state index in [1.807, 2.05) is 23.9 Å². The number of hydrogen-bond donors (Lipinski definition) is 1. The average molecular weight is 422 g/mol. The molecule has 1 aromatic heterocycles. The summed E-state index contributed by atoms with van der Waals surface area (Å²) in [5.74, 6) is -0.0768. The van der Waals surface area contributed by atoms with Gasteiger partial charge in [-0.3, -0.25) is 14.4 Å². The number of ketones is 1. The minimum atomic E-state index is -0.519. The van der Waals surface area contributed by atoms with Gasteiger partial charge in [0.1, 0.15) is 5.82 Å². The molecular weight excluding hydrogens is 397 g/mol. The Balaban J connectivity index is 0.00000225. The number of carbonyl (C=O) groups is 1. The number of Topliss-reactive ketones (excluding diaryl/α,β-unsaturated/α-hetero) is 1. The second kappa shape index (κ2) is 8.80. The zero-order valence-corrected chi connectivity index (χ0v) is 17.5. The van der Waals surface area contributed by atoms with Crippen LogP contribution in [0.1, 0.15) is 36.6 Å². The topological polar surface area (TPSA) is 38.1 Å². The van der Waals surface area contributed by atoms with Gasteiger partial charge in [-0.25, -0.2) is 4.39 Å². The highest BCUT2D eigenvalue weighted by molar-refractivity contribution is 7.81. The molecule has 0 N–H and O–H groups in total. The van der Waals surface area contributed by atoms with Crippen LogP contribution in [-0.2, 0) is 11.8 Å². The van der Waals surface area contributed by atoms with Gasteiger partial charge in [0, 0.05) is 43.1 Å². The number of aromatic nitrogens is 2. The Morgan fingerprint density at radius 1 is 1.29 bits per heavy atom. The molecule has 2 unspecified atom stereocenters. The molecule has 1 aliphatic heterocycles. The van der Waals surface area contributed by atoms with Crippen molar-refractivity contribution < 1.29 is 9.18 Å². The number of rotatable bonds is 5. The molecule has 28 heavy (non-hydrogen) atoms. The molecule has 0 amide bonds. The third kappa shape index (κ3) is 4.34. The Morgan fingerprint density at radius 3 is 2.68 bits per heavy atom. The van der Waals surface area contributed by atoms with E-state index in [1.54, 1.807) is 18.3 Å². The summed E-state index contributed by atoms with van der Waals surface area (Å²) in [6.07, 6.45) is 6.53. The first-order valence-electron chi connectivity index (χ1n) is 9.43. The zero-order valence-electron chi connectivity index (χ0n) is 15.8. The molecule has 0 radical (unpaired) electrons. The van der Waals surface area contributed by atoms with Gasteiger partial charge in [-0.2, -0.15) is 17.7 Å². The van der Waals surface area contributed by atoms with Crippen LogP contribution >= 0.6 is 25.0 Å². The normalized spacial score (nSPS) is 22.7. The summed E-state index contributed by atoms with van der Waals surface area (Å²) >= 11 is 4.74. The summed E-state index contributed by atoms with van der Waals surface area (Å²) in [6, 6.07) is 8.11. The van der Waals surface area contributed by atoms with Crippen LogP contribution in [0.3, 0.4) is 0 Å². The van der Waals surface area contributed by atoms with Crippen molar-refractivity contribution in [2.45, 2.75) is 30.6 Å². The molecule has 7 heteroatoms. The highest BCUT2D eigenvalue weighted by Crippen LogP contribution is 2.39. The molecule has 1 aromatic carbocycles. The Kier molecular flexibility index (Phi) is 6.63. The lowest BCUT2D eigenvalue weighted by atomic mass is 9.93. The number of nitrogens with zero attached hydrogens (tertiary/aromatic N) is 3. The van der Waals surface area contributed by atoms with E-state index in [1.165, 1.54) is 6.07 Å². The zero-order chi connectivity index (χ0) is 19.0. The van der Waals surface area contributed by atoms with Crippen molar-refractivity contribution in [1.29, 1.82) is 0 Å². The standard InChI is InChI=1S/C21H24FN3OS.ClH/c1-24-16(8-10-23-24)12-15-13-25(11-9-19(15)27)20(21(26)14-6-7-14)17-4-2-3-5-18(17)22;/h2-5,8,10,12,14,19-20,27H,6-7,9,11,13H2,1H3;1H. The summed E-state index contributed by atoms with van der Waals surface area (Å²) in [4.78, 5) is 15.2. The minimum Gasteiger partial charge on any atom is -0.297 e. The molecule has 0 bridgehead atoms. The van der Waals surface area contributed by atoms with E-state index >= 15 is 0 Å². The third-order valence-electron chi connectivity index (χ3n) is 5.51. The Hall–Kier alpha value is -1.63. The predicted molar refractivity (Wildman–Crippen MR) is 114 cm³/mol. The second-order valence-corrected chi connectivity index (χ2v) is 8.10. The fourth-order valence-corrected chi connectivity index (χ4v) is 4.06. The smallest absolute Gasteiger partial charge is 0.157 e. The quantitative estimate of drug-likeness (QED) is 0.739. The van der Waals surface area contributed by atoms with E-state index < -0.39 is 6.04 Å². The van der Waals surface area contributed by atoms with Crippen molar-refractivity contribution >= 4 is 36.9 Å². The summed E-state index contributed by atoms with van der Waals surface area (Å²) in [6.45, 7) is 1.34. The average Bonchev–Trinajstić information content (AvgIpc) is 3.43. The number of carbonyl (C=O) groups excluding carboxylic acids is 1. The Bertz CT molecular complexity index is 880. The summed E-state index contributed by atoms with van der Waals surface area (Å²) < 4.78 is 16.4. The van der Waals surface area contributed by atoms with Crippen LogP contribution in [0.5, 0.6) is 0 Å². The molecule has 4 rings (SSSR count). The number of likely N-dealkylation sites (tertiary alicyclic amines) is 1. The molecular formula is C21H25ClFN3OS. The van der Waals surface area contributed by atoms with Crippen LogP contribution in [0, 0.1) is 11.7 Å². The van der Waals surface area contributed by atoms with E-state index in [0.29, 0.717) is 12.1 Å². The van der Waals surface area contributed by atoms with E-state index in [0.717, 1.165) is 37.1 Å².